The Morgan fingerprint density at radius 3 is 2.27 bits per heavy atom. The molecule has 2 saturated heterocycles. The molecule has 0 aromatic heterocycles. The zero-order valence-electron chi connectivity index (χ0n) is 9.06. The Labute approximate surface area is 90.1 Å². The van der Waals surface area contributed by atoms with Crippen LogP contribution in [-0.2, 0) is 14.8 Å². The van der Waals surface area contributed by atoms with Gasteiger partial charge in [-0.1, -0.05) is 0 Å². The van der Waals surface area contributed by atoms with E-state index in [1.54, 1.807) is 11.8 Å². The van der Waals surface area contributed by atoms with Gasteiger partial charge in [0.15, 0.2) is 0 Å². The van der Waals surface area contributed by atoms with Crippen LogP contribution < -0.4 is 0 Å². The second kappa shape index (κ2) is 3.18. The summed E-state index contributed by atoms with van der Waals surface area (Å²) in [5.74, 6) is 0.0877. The standard InChI is InChI=1S/C9H16N2O3S/c1-8(12)10-4-3-9(5-10)6-11(7-9)15(2,13)14/h3-7H2,1-2H3. The molecule has 1 amide bonds. The Balaban J connectivity index is 1.97. The average molecular weight is 232 g/mol. The Morgan fingerprint density at radius 1 is 1.27 bits per heavy atom. The molecule has 2 fully saturated rings. The molecule has 5 nitrogen and oxygen atoms in total. The van der Waals surface area contributed by atoms with E-state index in [9.17, 15) is 13.2 Å². The molecule has 2 rings (SSSR count). The summed E-state index contributed by atoms with van der Waals surface area (Å²) in [7, 11) is -3.04. The summed E-state index contributed by atoms with van der Waals surface area (Å²) in [6.07, 6.45) is 2.16. The van der Waals surface area contributed by atoms with Gasteiger partial charge >= 0.3 is 0 Å². The minimum Gasteiger partial charge on any atom is -0.342 e. The summed E-state index contributed by atoms with van der Waals surface area (Å²) in [4.78, 5) is 13.0. The van der Waals surface area contributed by atoms with Crippen LogP contribution in [0.25, 0.3) is 0 Å². The van der Waals surface area contributed by atoms with Crippen LogP contribution in [0.1, 0.15) is 13.3 Å². The van der Waals surface area contributed by atoms with Crippen LogP contribution >= 0.6 is 0 Å². The second-order valence-electron chi connectivity index (χ2n) is 4.72. The lowest BCUT2D eigenvalue weighted by Crippen LogP contribution is -2.59. The number of nitrogens with zero attached hydrogens (tertiary/aromatic N) is 2. The molecule has 0 N–H and O–H groups in total. The molecule has 0 unspecified atom stereocenters. The van der Waals surface area contributed by atoms with Gasteiger partial charge in [0, 0.05) is 38.5 Å². The van der Waals surface area contributed by atoms with Gasteiger partial charge in [-0.25, -0.2) is 12.7 Å². The third-order valence-electron chi connectivity index (χ3n) is 3.38. The Kier molecular flexibility index (Phi) is 2.31. The lowest BCUT2D eigenvalue weighted by atomic mass is 9.81. The molecule has 0 aliphatic carbocycles. The van der Waals surface area contributed by atoms with Crippen molar-refractivity contribution < 1.29 is 13.2 Å². The van der Waals surface area contributed by atoms with Crippen molar-refractivity contribution in [2.75, 3.05) is 32.4 Å². The molecule has 2 aliphatic rings. The minimum absolute atomic E-state index is 0.0503. The van der Waals surface area contributed by atoms with Crippen molar-refractivity contribution in [1.29, 1.82) is 0 Å². The molecule has 0 saturated carbocycles. The third kappa shape index (κ3) is 1.88. The van der Waals surface area contributed by atoms with Gasteiger partial charge in [0.05, 0.1) is 6.26 Å². The maximum absolute atomic E-state index is 11.2. The van der Waals surface area contributed by atoms with E-state index in [0.717, 1.165) is 13.0 Å². The molecule has 0 bridgehead atoms. The highest BCUT2D eigenvalue weighted by Crippen LogP contribution is 2.40. The first-order valence-corrected chi connectivity index (χ1v) is 6.88. The van der Waals surface area contributed by atoms with E-state index in [0.29, 0.717) is 19.6 Å². The number of hydrogen-bond donors (Lipinski definition) is 0. The quantitative estimate of drug-likeness (QED) is 0.612. The molecular weight excluding hydrogens is 216 g/mol. The fourth-order valence-electron chi connectivity index (χ4n) is 2.40. The Hall–Kier alpha value is -0.620. The molecule has 0 radical (unpaired) electrons. The third-order valence-corrected chi connectivity index (χ3v) is 4.57. The Morgan fingerprint density at radius 2 is 1.87 bits per heavy atom. The van der Waals surface area contributed by atoms with Crippen LogP contribution in [0.5, 0.6) is 0 Å². The summed E-state index contributed by atoms with van der Waals surface area (Å²) >= 11 is 0. The normalized spacial score (nSPS) is 25.6. The average Bonchev–Trinajstić information content (AvgIpc) is 2.42. The number of amides is 1. The van der Waals surface area contributed by atoms with Gasteiger partial charge in [-0.15, -0.1) is 0 Å². The number of hydrogen-bond acceptors (Lipinski definition) is 3. The topological polar surface area (TPSA) is 57.7 Å². The highest BCUT2D eigenvalue weighted by Gasteiger charge is 2.50. The molecule has 2 heterocycles. The number of carbonyl (C=O) groups excluding carboxylic acids is 1. The molecule has 0 aromatic carbocycles. The van der Waals surface area contributed by atoms with Gasteiger partial charge in [-0.2, -0.15) is 0 Å². The fraction of sp³-hybridized carbons (Fsp3) is 0.889. The highest BCUT2D eigenvalue weighted by atomic mass is 32.2. The van der Waals surface area contributed by atoms with Gasteiger partial charge < -0.3 is 4.90 Å². The summed E-state index contributed by atoms with van der Waals surface area (Å²) in [6.45, 7) is 4.21. The summed E-state index contributed by atoms with van der Waals surface area (Å²) in [5, 5.41) is 0. The monoisotopic (exact) mass is 232 g/mol. The summed E-state index contributed by atoms with van der Waals surface area (Å²) in [6, 6.07) is 0. The van der Waals surface area contributed by atoms with Gasteiger partial charge in [0.1, 0.15) is 0 Å². The van der Waals surface area contributed by atoms with E-state index in [-0.39, 0.29) is 11.3 Å². The van der Waals surface area contributed by atoms with Gasteiger partial charge in [-0.3, -0.25) is 4.79 Å². The predicted molar refractivity (Wildman–Crippen MR) is 55.7 cm³/mol. The number of likely N-dealkylation sites (tertiary alicyclic amines) is 1. The van der Waals surface area contributed by atoms with E-state index in [1.807, 2.05) is 0 Å². The van der Waals surface area contributed by atoms with Gasteiger partial charge in [0.25, 0.3) is 0 Å². The van der Waals surface area contributed by atoms with Crippen LogP contribution in [0, 0.1) is 5.41 Å². The molecule has 0 aromatic rings. The zero-order chi connectivity index (χ0) is 11.3. The Bertz CT molecular complexity index is 384. The lowest BCUT2D eigenvalue weighted by molar-refractivity contribution is -0.128. The van der Waals surface area contributed by atoms with Crippen LogP contribution in [0.2, 0.25) is 0 Å². The van der Waals surface area contributed by atoms with E-state index in [4.69, 9.17) is 0 Å². The van der Waals surface area contributed by atoms with Gasteiger partial charge in [-0.05, 0) is 6.42 Å². The highest BCUT2D eigenvalue weighted by molar-refractivity contribution is 7.88. The van der Waals surface area contributed by atoms with Crippen molar-refractivity contribution in [3.8, 4) is 0 Å². The van der Waals surface area contributed by atoms with Crippen LogP contribution in [0.3, 0.4) is 0 Å². The van der Waals surface area contributed by atoms with Crippen molar-refractivity contribution in [3.05, 3.63) is 0 Å². The SMILES string of the molecule is CC(=O)N1CCC2(C1)CN(S(C)(=O)=O)C2. The molecule has 0 atom stereocenters. The summed E-state index contributed by atoms with van der Waals surface area (Å²) in [5.41, 5.74) is 0.0503. The van der Waals surface area contributed by atoms with Crippen molar-refractivity contribution in [2.24, 2.45) is 5.41 Å². The first kappa shape index (κ1) is 10.9. The molecule has 1 spiro atoms. The van der Waals surface area contributed by atoms with Crippen molar-refractivity contribution in [3.63, 3.8) is 0 Å². The predicted octanol–water partition coefficient (Wildman–Crippen LogP) is -0.500. The zero-order valence-corrected chi connectivity index (χ0v) is 9.88. The molecule has 2 aliphatic heterocycles. The molecular formula is C9H16N2O3S. The van der Waals surface area contributed by atoms with Crippen molar-refractivity contribution in [2.45, 2.75) is 13.3 Å². The van der Waals surface area contributed by atoms with Crippen LogP contribution in [0.4, 0.5) is 0 Å². The summed E-state index contributed by atoms with van der Waals surface area (Å²) < 4.78 is 23.9. The van der Waals surface area contributed by atoms with Crippen LogP contribution in [0.15, 0.2) is 0 Å². The number of carbonyl (C=O) groups is 1. The molecule has 86 valence electrons. The van der Waals surface area contributed by atoms with E-state index in [2.05, 4.69) is 0 Å². The van der Waals surface area contributed by atoms with Crippen molar-refractivity contribution in [1.82, 2.24) is 9.21 Å². The number of sulfonamides is 1. The van der Waals surface area contributed by atoms with E-state index < -0.39 is 10.0 Å². The smallest absolute Gasteiger partial charge is 0.219 e. The largest absolute Gasteiger partial charge is 0.342 e. The fourth-order valence-corrected chi connectivity index (χ4v) is 3.42. The first-order valence-electron chi connectivity index (χ1n) is 5.03. The van der Waals surface area contributed by atoms with Gasteiger partial charge in [0.2, 0.25) is 15.9 Å². The molecule has 6 heteroatoms. The number of rotatable bonds is 1. The van der Waals surface area contributed by atoms with E-state index in [1.165, 1.54) is 10.6 Å². The first-order chi connectivity index (χ1) is 6.82. The maximum Gasteiger partial charge on any atom is 0.219 e. The lowest BCUT2D eigenvalue weighted by Gasteiger charge is -2.46. The van der Waals surface area contributed by atoms with Crippen LogP contribution in [-0.4, -0.2) is 56.0 Å². The van der Waals surface area contributed by atoms with E-state index >= 15 is 0 Å². The minimum atomic E-state index is -3.04. The molecule has 15 heavy (non-hydrogen) atoms. The maximum atomic E-state index is 11.2. The second-order valence-corrected chi connectivity index (χ2v) is 6.70. The van der Waals surface area contributed by atoms with Crippen molar-refractivity contribution >= 4 is 15.9 Å².